The van der Waals surface area contributed by atoms with E-state index in [0.717, 1.165) is 5.56 Å². The molecule has 0 saturated carbocycles. The standard InChI is InChI=1S/C20H14Cl3FN4O2/c21-12-5-4-11(15(23)6-12)9-28-10-13(8-25-28)26-20(29)18-7-17(27-30-18)19-14(22)2-1-3-16(19)24/h1-6,8,10,18H,7,9H2,(H,26,29). The zero-order valence-corrected chi connectivity index (χ0v) is 17.5. The largest absolute Gasteiger partial charge is 0.382 e. The summed E-state index contributed by atoms with van der Waals surface area (Å²) in [6.45, 7) is 0.408. The molecule has 0 aliphatic carbocycles. The lowest BCUT2D eigenvalue weighted by molar-refractivity contribution is -0.125. The third-order valence-electron chi connectivity index (χ3n) is 4.46. The van der Waals surface area contributed by atoms with E-state index < -0.39 is 17.8 Å². The average Bonchev–Trinajstić information content (AvgIpc) is 3.34. The van der Waals surface area contributed by atoms with Crippen molar-refractivity contribution in [1.82, 2.24) is 9.78 Å². The van der Waals surface area contributed by atoms with Gasteiger partial charge < -0.3 is 10.2 Å². The van der Waals surface area contributed by atoms with Crippen molar-refractivity contribution in [3.8, 4) is 0 Å². The van der Waals surface area contributed by atoms with Crippen molar-refractivity contribution in [2.75, 3.05) is 5.32 Å². The molecule has 0 fully saturated rings. The van der Waals surface area contributed by atoms with Crippen LogP contribution in [0.5, 0.6) is 0 Å². The van der Waals surface area contributed by atoms with Crippen LogP contribution in [0.2, 0.25) is 15.1 Å². The highest BCUT2D eigenvalue weighted by molar-refractivity contribution is 6.35. The molecule has 10 heteroatoms. The maximum Gasteiger partial charge on any atom is 0.268 e. The summed E-state index contributed by atoms with van der Waals surface area (Å²) in [7, 11) is 0. The highest BCUT2D eigenvalue weighted by Gasteiger charge is 2.31. The number of nitrogens with zero attached hydrogens (tertiary/aromatic N) is 3. The van der Waals surface area contributed by atoms with Crippen molar-refractivity contribution >= 4 is 52.1 Å². The molecular weight excluding hydrogens is 454 g/mol. The Morgan fingerprint density at radius 1 is 1.23 bits per heavy atom. The third kappa shape index (κ3) is 4.43. The summed E-state index contributed by atoms with van der Waals surface area (Å²) in [6.07, 6.45) is 2.37. The van der Waals surface area contributed by atoms with Crippen LogP contribution < -0.4 is 5.32 Å². The summed E-state index contributed by atoms with van der Waals surface area (Å²) in [5.41, 5.74) is 1.74. The molecule has 154 valence electrons. The number of nitrogens with one attached hydrogen (secondary N) is 1. The lowest BCUT2D eigenvalue weighted by Gasteiger charge is -2.08. The lowest BCUT2D eigenvalue weighted by atomic mass is 10.0. The first-order valence-electron chi connectivity index (χ1n) is 8.85. The van der Waals surface area contributed by atoms with Gasteiger partial charge in [0.15, 0.2) is 0 Å². The summed E-state index contributed by atoms with van der Waals surface area (Å²) in [5.74, 6) is -0.946. The van der Waals surface area contributed by atoms with Gasteiger partial charge in [-0.1, -0.05) is 52.1 Å². The molecule has 3 aromatic rings. The summed E-state index contributed by atoms with van der Waals surface area (Å²) in [5, 5.41) is 12.0. The van der Waals surface area contributed by atoms with Gasteiger partial charge in [0.25, 0.3) is 5.91 Å². The third-order valence-corrected chi connectivity index (χ3v) is 5.36. The number of carbonyl (C=O) groups excluding carboxylic acids is 1. The topological polar surface area (TPSA) is 68.5 Å². The van der Waals surface area contributed by atoms with E-state index in [1.807, 2.05) is 6.07 Å². The normalized spacial score (nSPS) is 15.6. The number of amides is 1. The van der Waals surface area contributed by atoms with Crippen LogP contribution >= 0.6 is 34.8 Å². The quantitative estimate of drug-likeness (QED) is 0.563. The number of rotatable bonds is 5. The predicted octanol–water partition coefficient (Wildman–Crippen LogP) is 5.16. The zero-order chi connectivity index (χ0) is 21.3. The van der Waals surface area contributed by atoms with Gasteiger partial charge in [-0.3, -0.25) is 9.48 Å². The van der Waals surface area contributed by atoms with E-state index in [0.29, 0.717) is 22.3 Å². The van der Waals surface area contributed by atoms with Crippen LogP contribution in [0.25, 0.3) is 0 Å². The Bertz CT molecular complexity index is 1130. The van der Waals surface area contributed by atoms with E-state index in [-0.39, 0.29) is 22.7 Å². The molecule has 0 bridgehead atoms. The van der Waals surface area contributed by atoms with E-state index in [2.05, 4.69) is 15.6 Å². The molecule has 1 N–H and O–H groups in total. The average molecular weight is 468 g/mol. The van der Waals surface area contributed by atoms with Crippen LogP contribution in [0.15, 0.2) is 53.9 Å². The van der Waals surface area contributed by atoms with Gasteiger partial charge in [0.2, 0.25) is 6.10 Å². The number of hydrogen-bond donors (Lipinski definition) is 1. The minimum atomic E-state index is -0.898. The summed E-state index contributed by atoms with van der Waals surface area (Å²) >= 11 is 18.1. The highest BCUT2D eigenvalue weighted by Crippen LogP contribution is 2.26. The van der Waals surface area contributed by atoms with Gasteiger partial charge in [0.1, 0.15) is 5.82 Å². The van der Waals surface area contributed by atoms with Crippen LogP contribution in [0.4, 0.5) is 10.1 Å². The minimum absolute atomic E-state index is 0.0982. The van der Waals surface area contributed by atoms with Gasteiger partial charge in [0.05, 0.1) is 34.7 Å². The van der Waals surface area contributed by atoms with E-state index in [1.54, 1.807) is 29.1 Å². The van der Waals surface area contributed by atoms with Crippen molar-refractivity contribution in [2.45, 2.75) is 19.1 Å². The van der Waals surface area contributed by atoms with Crippen molar-refractivity contribution < 1.29 is 14.0 Å². The van der Waals surface area contributed by atoms with Gasteiger partial charge in [-0.15, -0.1) is 0 Å². The fourth-order valence-corrected chi connectivity index (χ4v) is 3.74. The van der Waals surface area contributed by atoms with Crippen molar-refractivity contribution in [2.24, 2.45) is 5.16 Å². The lowest BCUT2D eigenvalue weighted by Crippen LogP contribution is -2.28. The van der Waals surface area contributed by atoms with Crippen LogP contribution in [0, 0.1) is 5.82 Å². The van der Waals surface area contributed by atoms with E-state index in [4.69, 9.17) is 39.6 Å². The molecule has 1 unspecified atom stereocenters. The summed E-state index contributed by atoms with van der Waals surface area (Å²) in [4.78, 5) is 17.7. The molecule has 1 atom stereocenters. The first kappa shape index (κ1) is 20.7. The number of hydrogen-bond acceptors (Lipinski definition) is 4. The van der Waals surface area contributed by atoms with Crippen LogP contribution in [-0.4, -0.2) is 27.5 Å². The Morgan fingerprint density at radius 2 is 2.07 bits per heavy atom. The Balaban J connectivity index is 1.38. The zero-order valence-electron chi connectivity index (χ0n) is 15.3. The molecule has 6 nitrogen and oxygen atoms in total. The second-order valence-electron chi connectivity index (χ2n) is 6.58. The van der Waals surface area contributed by atoms with Crippen molar-refractivity contribution in [1.29, 1.82) is 0 Å². The van der Waals surface area contributed by atoms with Gasteiger partial charge in [-0.2, -0.15) is 5.10 Å². The minimum Gasteiger partial charge on any atom is -0.382 e. The van der Waals surface area contributed by atoms with E-state index >= 15 is 0 Å². The SMILES string of the molecule is O=C(Nc1cnn(Cc2ccc(Cl)cc2Cl)c1)C1CC(c2c(F)cccc2Cl)=NO1. The Kier molecular flexibility index (Phi) is 5.94. The molecular formula is C20H14Cl3FN4O2. The van der Waals surface area contributed by atoms with Crippen LogP contribution in [-0.2, 0) is 16.2 Å². The van der Waals surface area contributed by atoms with Gasteiger partial charge in [-0.25, -0.2) is 4.39 Å². The maximum atomic E-state index is 14.1. The molecule has 2 heterocycles. The summed E-state index contributed by atoms with van der Waals surface area (Å²) in [6, 6.07) is 9.53. The first-order valence-corrected chi connectivity index (χ1v) is 9.98. The van der Waals surface area contributed by atoms with Crippen molar-refractivity contribution in [3.05, 3.63) is 80.8 Å². The van der Waals surface area contributed by atoms with Crippen LogP contribution in [0.3, 0.4) is 0 Å². The molecule has 4 rings (SSSR count). The van der Waals surface area contributed by atoms with Crippen molar-refractivity contribution in [3.63, 3.8) is 0 Å². The molecule has 1 aliphatic rings. The van der Waals surface area contributed by atoms with Gasteiger partial charge >= 0.3 is 0 Å². The smallest absolute Gasteiger partial charge is 0.268 e. The molecule has 0 radical (unpaired) electrons. The fourth-order valence-electron chi connectivity index (χ4n) is 3.00. The predicted molar refractivity (Wildman–Crippen MR) is 114 cm³/mol. The molecule has 1 aromatic heterocycles. The number of oxime groups is 1. The maximum absolute atomic E-state index is 14.1. The molecule has 2 aromatic carbocycles. The Hall–Kier alpha value is -2.61. The number of halogens is 4. The molecule has 1 aliphatic heterocycles. The first-order chi connectivity index (χ1) is 14.4. The second kappa shape index (κ2) is 8.63. The van der Waals surface area contributed by atoms with E-state index in [9.17, 15) is 9.18 Å². The summed E-state index contributed by atoms with van der Waals surface area (Å²) < 4.78 is 15.7. The van der Waals surface area contributed by atoms with Crippen LogP contribution in [0.1, 0.15) is 17.5 Å². The number of anilines is 1. The Labute approximate surface area is 186 Å². The molecule has 30 heavy (non-hydrogen) atoms. The number of carbonyl (C=O) groups is 1. The van der Waals surface area contributed by atoms with Gasteiger partial charge in [0, 0.05) is 22.7 Å². The molecule has 0 saturated heterocycles. The van der Waals surface area contributed by atoms with Gasteiger partial charge in [-0.05, 0) is 29.8 Å². The number of aromatic nitrogens is 2. The van der Waals surface area contributed by atoms with E-state index in [1.165, 1.54) is 18.3 Å². The highest BCUT2D eigenvalue weighted by atomic mass is 35.5. The monoisotopic (exact) mass is 466 g/mol. The molecule has 0 spiro atoms. The fraction of sp³-hybridized carbons (Fsp3) is 0.150. The number of benzene rings is 2. The molecule has 1 amide bonds. The Morgan fingerprint density at radius 3 is 2.83 bits per heavy atom. The second-order valence-corrected chi connectivity index (χ2v) is 7.84.